The number of hydrogen-bond donors (Lipinski definition) is 1. The lowest BCUT2D eigenvalue weighted by molar-refractivity contribution is 0.501. The third-order valence-electron chi connectivity index (χ3n) is 9.73. The summed E-state index contributed by atoms with van der Waals surface area (Å²) < 4.78 is 9.13. The van der Waals surface area contributed by atoms with Crippen molar-refractivity contribution >= 4 is 55.1 Å². The molecule has 0 saturated carbocycles. The van der Waals surface area contributed by atoms with Crippen molar-refractivity contribution in [1.82, 2.24) is 9.72 Å². The van der Waals surface area contributed by atoms with Crippen LogP contribution in [0.1, 0.15) is 76.8 Å². The van der Waals surface area contributed by atoms with Crippen molar-refractivity contribution in [3.05, 3.63) is 94.9 Å². The van der Waals surface area contributed by atoms with Gasteiger partial charge in [-0.15, -0.1) is 0 Å². The highest BCUT2D eigenvalue weighted by molar-refractivity contribution is 6.32. The van der Waals surface area contributed by atoms with Crippen LogP contribution in [0.4, 0.5) is 0 Å². The fourth-order valence-electron chi connectivity index (χ4n) is 7.09. The summed E-state index contributed by atoms with van der Waals surface area (Å²) in [5.74, 6) is 1.12. The van der Waals surface area contributed by atoms with Crippen LogP contribution in [0.15, 0.2) is 76.9 Å². The molecule has 0 bridgehead atoms. The van der Waals surface area contributed by atoms with E-state index in [9.17, 15) is 0 Å². The standard InChI is InChI=1S/C39H42N2O/c1-8-39(5,6)30-23-32-29(21-24(30)17-18-25(19-20-40-7)38(2,3)4)36-35-27-14-10-12-16-33(27)42-34(35)22-28-26-13-9-11-15-31(26)41(32)37(28)36/h9-11,13-15,18-23,40H,8,12,16-17H2,1-7H3/b20-19-,25-18+. The smallest absolute Gasteiger partial charge is 0.136 e. The molecule has 6 aromatic rings. The third kappa shape index (κ3) is 3.93. The number of rotatable bonds is 6. The maximum atomic E-state index is 6.59. The summed E-state index contributed by atoms with van der Waals surface area (Å²) in [4.78, 5) is 0. The molecule has 1 N–H and O–H groups in total. The second kappa shape index (κ2) is 9.52. The van der Waals surface area contributed by atoms with Crippen LogP contribution in [0, 0.1) is 5.41 Å². The van der Waals surface area contributed by atoms with E-state index in [0.717, 1.165) is 37.0 Å². The van der Waals surface area contributed by atoms with Crippen LogP contribution in [-0.2, 0) is 18.3 Å². The minimum atomic E-state index is 0.0463. The highest BCUT2D eigenvalue weighted by Crippen LogP contribution is 2.47. The lowest BCUT2D eigenvalue weighted by Gasteiger charge is -2.27. The van der Waals surface area contributed by atoms with Gasteiger partial charge in [-0.1, -0.05) is 78.0 Å². The molecule has 0 aliphatic heterocycles. The number of furan rings is 1. The van der Waals surface area contributed by atoms with Gasteiger partial charge in [0.1, 0.15) is 11.3 Å². The van der Waals surface area contributed by atoms with E-state index in [1.54, 1.807) is 0 Å². The molecule has 7 rings (SSSR count). The molecule has 0 atom stereocenters. The number of hydrogen-bond acceptors (Lipinski definition) is 2. The van der Waals surface area contributed by atoms with Crippen LogP contribution >= 0.6 is 0 Å². The van der Waals surface area contributed by atoms with E-state index >= 15 is 0 Å². The van der Waals surface area contributed by atoms with Crippen molar-refractivity contribution in [2.24, 2.45) is 5.41 Å². The number of fused-ring (bicyclic) bond motifs is 10. The number of benzene rings is 3. The predicted molar refractivity (Wildman–Crippen MR) is 181 cm³/mol. The third-order valence-corrected chi connectivity index (χ3v) is 9.73. The SMILES string of the molecule is CCC(C)(C)c1cc2c(cc1C/C=C(\C=C/NC)C(C)(C)C)c1c3c4c(oc3cc3c5ccccc5n2c31)CCC=C4. The van der Waals surface area contributed by atoms with Gasteiger partial charge in [-0.3, -0.25) is 0 Å². The lowest BCUT2D eigenvalue weighted by Crippen LogP contribution is -2.18. The van der Waals surface area contributed by atoms with Gasteiger partial charge in [0, 0.05) is 46.0 Å². The van der Waals surface area contributed by atoms with Gasteiger partial charge in [0.25, 0.3) is 0 Å². The fourth-order valence-corrected chi connectivity index (χ4v) is 7.09. The molecule has 0 spiro atoms. The zero-order valence-electron chi connectivity index (χ0n) is 26.1. The Hall–Kier alpha value is -3.98. The topological polar surface area (TPSA) is 29.6 Å². The van der Waals surface area contributed by atoms with E-state index in [2.05, 4.69) is 118 Å². The van der Waals surface area contributed by atoms with Crippen molar-refractivity contribution in [2.75, 3.05) is 7.05 Å². The predicted octanol–water partition coefficient (Wildman–Crippen LogP) is 10.5. The Balaban J connectivity index is 1.62. The highest BCUT2D eigenvalue weighted by Gasteiger charge is 2.28. The summed E-state index contributed by atoms with van der Waals surface area (Å²) in [7, 11) is 1.96. The normalized spacial score (nSPS) is 15.0. The van der Waals surface area contributed by atoms with Gasteiger partial charge in [-0.05, 0) is 83.3 Å². The second-order valence-corrected chi connectivity index (χ2v) is 13.8. The molecule has 1 aliphatic carbocycles. The average Bonchev–Trinajstić information content (AvgIpc) is 3.61. The van der Waals surface area contributed by atoms with Crippen molar-refractivity contribution < 1.29 is 4.42 Å². The van der Waals surface area contributed by atoms with E-state index in [1.165, 1.54) is 65.7 Å². The molecule has 0 unspecified atom stereocenters. The molecule has 3 aromatic heterocycles. The molecule has 42 heavy (non-hydrogen) atoms. The molecule has 0 radical (unpaired) electrons. The van der Waals surface area contributed by atoms with Crippen LogP contribution in [0.25, 0.3) is 55.1 Å². The summed E-state index contributed by atoms with van der Waals surface area (Å²) in [6, 6.07) is 16.2. The van der Waals surface area contributed by atoms with Gasteiger partial charge in [-0.2, -0.15) is 0 Å². The Bertz CT molecular complexity index is 2080. The first kappa shape index (κ1) is 26.9. The molecule has 214 valence electrons. The highest BCUT2D eigenvalue weighted by atomic mass is 16.3. The summed E-state index contributed by atoms with van der Waals surface area (Å²) in [6.45, 7) is 14.0. The van der Waals surface area contributed by atoms with Gasteiger partial charge in [-0.25, -0.2) is 0 Å². The van der Waals surface area contributed by atoms with Crippen LogP contribution in [-0.4, -0.2) is 11.4 Å². The Morgan fingerprint density at radius 3 is 2.55 bits per heavy atom. The van der Waals surface area contributed by atoms with Gasteiger partial charge in [0.2, 0.25) is 0 Å². The largest absolute Gasteiger partial charge is 0.460 e. The van der Waals surface area contributed by atoms with Gasteiger partial charge >= 0.3 is 0 Å². The molecule has 3 nitrogen and oxygen atoms in total. The average molecular weight is 555 g/mol. The van der Waals surface area contributed by atoms with Crippen LogP contribution < -0.4 is 5.32 Å². The number of nitrogens with one attached hydrogen (secondary N) is 1. The van der Waals surface area contributed by atoms with E-state index in [-0.39, 0.29) is 10.8 Å². The monoisotopic (exact) mass is 554 g/mol. The molecule has 3 aromatic carbocycles. The van der Waals surface area contributed by atoms with Crippen molar-refractivity contribution in [2.45, 2.75) is 72.6 Å². The number of para-hydroxylation sites is 1. The molecule has 3 heterocycles. The van der Waals surface area contributed by atoms with Crippen LogP contribution in [0.2, 0.25) is 0 Å². The number of allylic oxidation sites excluding steroid dienone is 4. The molecular formula is C39H42N2O. The minimum Gasteiger partial charge on any atom is -0.460 e. The van der Waals surface area contributed by atoms with Crippen molar-refractivity contribution in [3.63, 3.8) is 0 Å². The van der Waals surface area contributed by atoms with Gasteiger partial charge < -0.3 is 14.1 Å². The van der Waals surface area contributed by atoms with Gasteiger partial charge in [0.05, 0.1) is 16.6 Å². The van der Waals surface area contributed by atoms with Crippen LogP contribution in [0.5, 0.6) is 0 Å². The first-order chi connectivity index (χ1) is 20.1. The summed E-state index contributed by atoms with van der Waals surface area (Å²) >= 11 is 0. The molecular weight excluding hydrogens is 512 g/mol. The number of aryl methyl sites for hydroxylation is 1. The van der Waals surface area contributed by atoms with E-state index in [1.807, 2.05) is 13.2 Å². The molecule has 0 saturated heterocycles. The Morgan fingerprint density at radius 1 is 0.976 bits per heavy atom. The van der Waals surface area contributed by atoms with E-state index in [4.69, 9.17) is 4.42 Å². The molecule has 0 fully saturated rings. The quantitative estimate of drug-likeness (QED) is 0.208. The Morgan fingerprint density at radius 2 is 1.79 bits per heavy atom. The van der Waals surface area contributed by atoms with E-state index in [0.29, 0.717) is 0 Å². The summed E-state index contributed by atoms with van der Waals surface area (Å²) in [5.41, 5.74) is 10.5. The summed E-state index contributed by atoms with van der Waals surface area (Å²) in [6.07, 6.45) is 15.3. The first-order valence-electron chi connectivity index (χ1n) is 15.5. The first-order valence-corrected chi connectivity index (χ1v) is 15.5. The van der Waals surface area contributed by atoms with Crippen molar-refractivity contribution in [3.8, 4) is 0 Å². The van der Waals surface area contributed by atoms with Crippen molar-refractivity contribution in [1.29, 1.82) is 0 Å². The zero-order chi connectivity index (χ0) is 29.4. The zero-order valence-corrected chi connectivity index (χ0v) is 26.1. The Labute approximate surface area is 248 Å². The van der Waals surface area contributed by atoms with E-state index < -0.39 is 0 Å². The lowest BCUT2D eigenvalue weighted by atomic mass is 9.77. The maximum Gasteiger partial charge on any atom is 0.136 e. The van der Waals surface area contributed by atoms with Crippen LogP contribution in [0.3, 0.4) is 0 Å². The second-order valence-electron chi connectivity index (χ2n) is 13.8. The van der Waals surface area contributed by atoms with Gasteiger partial charge in [0.15, 0.2) is 0 Å². The Kier molecular flexibility index (Phi) is 6.10. The minimum absolute atomic E-state index is 0.0463. The fraction of sp³-hybridized carbons (Fsp3) is 0.333. The molecule has 1 aliphatic rings. The molecule has 3 heteroatoms. The maximum absolute atomic E-state index is 6.59. The number of nitrogens with zero attached hydrogens (tertiary/aromatic N) is 1. The number of aromatic nitrogens is 1. The molecule has 0 amide bonds. The summed E-state index contributed by atoms with van der Waals surface area (Å²) in [5, 5.41) is 9.69.